The molecule has 0 spiro atoms. The number of nitrogens with zero attached hydrogens (tertiary/aromatic N) is 2. The summed E-state index contributed by atoms with van der Waals surface area (Å²) >= 11 is 0. The van der Waals surface area contributed by atoms with Gasteiger partial charge in [-0.15, -0.1) is 0 Å². The lowest BCUT2D eigenvalue weighted by Crippen LogP contribution is -2.42. The maximum absolute atomic E-state index is 11.0. The fraction of sp³-hybridized carbons (Fsp3) is 0.462. The predicted octanol–water partition coefficient (Wildman–Crippen LogP) is 1.91. The maximum atomic E-state index is 11.0. The smallest absolute Gasteiger partial charge is 0.342 e. The van der Waals surface area contributed by atoms with Crippen molar-refractivity contribution in [3.8, 4) is 0 Å². The molecule has 1 fully saturated rings. The first-order chi connectivity index (χ1) is 9.52. The molecule has 20 heavy (non-hydrogen) atoms. The number of hydrogen-bond acceptors (Lipinski definition) is 5. The summed E-state index contributed by atoms with van der Waals surface area (Å²) in [5.74, 6) is -1.29. The molecule has 1 saturated heterocycles. The molecule has 0 amide bonds. The van der Waals surface area contributed by atoms with Crippen LogP contribution in [0.2, 0.25) is 0 Å². The van der Waals surface area contributed by atoms with Gasteiger partial charge in [0.1, 0.15) is 5.56 Å². The molecular formula is C13H16N2O5. The Morgan fingerprint density at radius 1 is 1.60 bits per heavy atom. The standard InChI is InChI=1S/C13H16N2O5/c1-2-10-8-14(5-6-20-10)9-3-4-11(13(16)17)12(7-9)15(18)19/h3-4,7,10H,2,5-6,8H2,1H3,(H,16,17). The molecule has 0 radical (unpaired) electrons. The van der Waals surface area contributed by atoms with Crippen LogP contribution in [0, 0.1) is 10.1 Å². The fourth-order valence-electron chi connectivity index (χ4n) is 2.25. The minimum absolute atomic E-state index is 0.0990. The van der Waals surface area contributed by atoms with Crippen molar-refractivity contribution in [2.45, 2.75) is 19.4 Å². The van der Waals surface area contributed by atoms with E-state index < -0.39 is 10.9 Å². The van der Waals surface area contributed by atoms with Crippen LogP contribution in [0.3, 0.4) is 0 Å². The van der Waals surface area contributed by atoms with Gasteiger partial charge in [-0.2, -0.15) is 0 Å². The third-order valence-corrected chi connectivity index (χ3v) is 3.37. The van der Waals surface area contributed by atoms with Crippen LogP contribution < -0.4 is 4.90 Å². The number of nitro groups is 1. The summed E-state index contributed by atoms with van der Waals surface area (Å²) < 4.78 is 5.55. The fourth-order valence-corrected chi connectivity index (χ4v) is 2.25. The Morgan fingerprint density at radius 2 is 2.35 bits per heavy atom. The van der Waals surface area contributed by atoms with E-state index in [1.807, 2.05) is 11.8 Å². The Labute approximate surface area is 115 Å². The van der Waals surface area contributed by atoms with Gasteiger partial charge < -0.3 is 14.7 Å². The van der Waals surface area contributed by atoms with Crippen LogP contribution in [-0.4, -0.2) is 41.8 Å². The Balaban J connectivity index is 2.31. The van der Waals surface area contributed by atoms with Crippen LogP contribution in [0.15, 0.2) is 18.2 Å². The Hall–Kier alpha value is -2.15. The highest BCUT2D eigenvalue weighted by molar-refractivity contribution is 5.93. The topological polar surface area (TPSA) is 92.9 Å². The van der Waals surface area contributed by atoms with Gasteiger partial charge in [0.05, 0.1) is 17.6 Å². The van der Waals surface area contributed by atoms with Gasteiger partial charge >= 0.3 is 5.97 Å². The number of aromatic carboxylic acids is 1. The van der Waals surface area contributed by atoms with Crippen LogP contribution in [0.4, 0.5) is 11.4 Å². The van der Waals surface area contributed by atoms with Crippen LogP contribution in [-0.2, 0) is 4.74 Å². The van der Waals surface area contributed by atoms with Crippen LogP contribution in [0.5, 0.6) is 0 Å². The quantitative estimate of drug-likeness (QED) is 0.669. The second-order valence-electron chi connectivity index (χ2n) is 4.61. The Bertz CT molecular complexity index is 531. The average Bonchev–Trinajstić information content (AvgIpc) is 2.46. The number of rotatable bonds is 4. The predicted molar refractivity (Wildman–Crippen MR) is 72.3 cm³/mol. The van der Waals surface area contributed by atoms with Crippen molar-refractivity contribution in [1.29, 1.82) is 0 Å². The molecule has 0 aromatic heterocycles. The van der Waals surface area contributed by atoms with Gasteiger partial charge in [0.2, 0.25) is 0 Å². The number of carboxylic acids is 1. The summed E-state index contributed by atoms with van der Waals surface area (Å²) in [6, 6.07) is 4.21. The molecule has 0 saturated carbocycles. The van der Waals surface area contributed by atoms with Crippen molar-refractivity contribution in [3.63, 3.8) is 0 Å². The minimum Gasteiger partial charge on any atom is -0.477 e. The third kappa shape index (κ3) is 2.88. The summed E-state index contributed by atoms with van der Waals surface area (Å²) in [5, 5.41) is 19.9. The normalized spacial score (nSPS) is 18.9. The number of carbonyl (C=O) groups is 1. The summed E-state index contributed by atoms with van der Waals surface area (Å²) in [6.45, 7) is 3.87. The monoisotopic (exact) mass is 280 g/mol. The van der Waals surface area contributed by atoms with Crippen molar-refractivity contribution >= 4 is 17.3 Å². The molecule has 7 nitrogen and oxygen atoms in total. The maximum Gasteiger partial charge on any atom is 0.342 e. The van der Waals surface area contributed by atoms with E-state index >= 15 is 0 Å². The van der Waals surface area contributed by atoms with Gasteiger partial charge in [0, 0.05) is 24.8 Å². The summed E-state index contributed by atoms with van der Waals surface area (Å²) in [6.07, 6.45) is 0.966. The lowest BCUT2D eigenvalue weighted by molar-refractivity contribution is -0.385. The number of nitro benzene ring substituents is 1. The van der Waals surface area contributed by atoms with Crippen molar-refractivity contribution in [1.82, 2.24) is 0 Å². The number of morpholine rings is 1. The molecule has 2 rings (SSSR count). The van der Waals surface area contributed by atoms with E-state index in [0.29, 0.717) is 25.4 Å². The van der Waals surface area contributed by atoms with E-state index in [9.17, 15) is 14.9 Å². The lowest BCUT2D eigenvalue weighted by Gasteiger charge is -2.34. The largest absolute Gasteiger partial charge is 0.477 e. The molecule has 1 aliphatic rings. The molecule has 0 aliphatic carbocycles. The number of ether oxygens (including phenoxy) is 1. The second kappa shape index (κ2) is 5.87. The van der Waals surface area contributed by atoms with Crippen molar-refractivity contribution in [2.75, 3.05) is 24.6 Å². The van der Waals surface area contributed by atoms with E-state index in [1.54, 1.807) is 6.07 Å². The molecule has 1 aromatic rings. The van der Waals surface area contributed by atoms with Crippen molar-refractivity contribution < 1.29 is 19.6 Å². The Kier molecular flexibility index (Phi) is 4.19. The van der Waals surface area contributed by atoms with Gasteiger partial charge in [0.25, 0.3) is 5.69 Å². The number of hydrogen-bond donors (Lipinski definition) is 1. The molecule has 1 aliphatic heterocycles. The first kappa shape index (κ1) is 14.3. The van der Waals surface area contributed by atoms with E-state index in [2.05, 4.69) is 0 Å². The van der Waals surface area contributed by atoms with E-state index in [-0.39, 0.29) is 17.4 Å². The molecule has 7 heteroatoms. The molecule has 1 unspecified atom stereocenters. The highest BCUT2D eigenvalue weighted by atomic mass is 16.6. The first-order valence-electron chi connectivity index (χ1n) is 6.41. The molecule has 1 aromatic carbocycles. The summed E-state index contributed by atoms with van der Waals surface area (Å²) in [4.78, 5) is 23.3. The van der Waals surface area contributed by atoms with Gasteiger partial charge in [-0.05, 0) is 18.6 Å². The summed E-state index contributed by atoms with van der Waals surface area (Å²) in [5.41, 5.74) is -0.0166. The molecule has 0 bridgehead atoms. The average molecular weight is 280 g/mol. The summed E-state index contributed by atoms with van der Waals surface area (Å²) in [7, 11) is 0. The van der Waals surface area contributed by atoms with E-state index in [0.717, 1.165) is 6.42 Å². The SMILES string of the molecule is CCC1CN(c2ccc(C(=O)O)c([N+](=O)[O-])c2)CCO1. The number of benzene rings is 1. The van der Waals surface area contributed by atoms with Crippen LogP contribution in [0.25, 0.3) is 0 Å². The lowest BCUT2D eigenvalue weighted by atomic mass is 10.1. The van der Waals surface area contributed by atoms with Gasteiger partial charge in [0.15, 0.2) is 0 Å². The van der Waals surface area contributed by atoms with Gasteiger partial charge in [-0.25, -0.2) is 4.79 Å². The second-order valence-corrected chi connectivity index (χ2v) is 4.61. The first-order valence-corrected chi connectivity index (χ1v) is 6.41. The molecule has 1 atom stereocenters. The number of carboxylic acid groups (broad SMARTS) is 1. The minimum atomic E-state index is -1.29. The van der Waals surface area contributed by atoms with Crippen molar-refractivity contribution in [3.05, 3.63) is 33.9 Å². The molecule has 108 valence electrons. The molecule has 1 heterocycles. The van der Waals surface area contributed by atoms with Gasteiger partial charge in [-0.1, -0.05) is 6.92 Å². The number of anilines is 1. The molecule has 1 N–H and O–H groups in total. The highest BCUT2D eigenvalue weighted by Crippen LogP contribution is 2.27. The van der Waals surface area contributed by atoms with Crippen LogP contribution >= 0.6 is 0 Å². The van der Waals surface area contributed by atoms with Crippen LogP contribution in [0.1, 0.15) is 23.7 Å². The Morgan fingerprint density at radius 3 is 2.95 bits per heavy atom. The zero-order valence-electron chi connectivity index (χ0n) is 11.1. The third-order valence-electron chi connectivity index (χ3n) is 3.37. The van der Waals surface area contributed by atoms with Crippen molar-refractivity contribution in [2.24, 2.45) is 0 Å². The molecular weight excluding hydrogens is 264 g/mol. The van der Waals surface area contributed by atoms with E-state index in [1.165, 1.54) is 12.1 Å². The zero-order chi connectivity index (χ0) is 14.7. The van der Waals surface area contributed by atoms with Gasteiger partial charge in [-0.3, -0.25) is 10.1 Å². The van der Waals surface area contributed by atoms with E-state index in [4.69, 9.17) is 9.84 Å². The zero-order valence-corrected chi connectivity index (χ0v) is 11.1. The highest BCUT2D eigenvalue weighted by Gasteiger charge is 2.24.